The molecule has 0 fully saturated rings. The molecule has 1 amide bonds. The fraction of sp³-hybridized carbons (Fsp3) is 0.227. The number of carbonyl (C=O) groups excluding carboxylic acids is 1. The van der Waals surface area contributed by atoms with Crippen molar-refractivity contribution in [3.63, 3.8) is 0 Å². The first kappa shape index (κ1) is 20.2. The summed E-state index contributed by atoms with van der Waals surface area (Å²) in [5, 5.41) is 7.70. The van der Waals surface area contributed by atoms with Crippen LogP contribution >= 0.6 is 11.3 Å². The van der Waals surface area contributed by atoms with Crippen molar-refractivity contribution < 1.29 is 13.6 Å². The number of thiophene rings is 1. The lowest BCUT2D eigenvalue weighted by Gasteiger charge is -2.19. The number of hydrogen-bond donors (Lipinski definition) is 2. The Hall–Kier alpha value is -2.57. The summed E-state index contributed by atoms with van der Waals surface area (Å²) in [4.78, 5) is 13.3. The molecule has 0 aliphatic carbocycles. The summed E-state index contributed by atoms with van der Waals surface area (Å²) in [5.41, 5.74) is 2.26. The van der Waals surface area contributed by atoms with Crippen LogP contribution in [0.15, 0.2) is 60.0 Å². The zero-order valence-electron chi connectivity index (χ0n) is 15.7. The number of nitrogens with one attached hydrogen (secondary N) is 2. The summed E-state index contributed by atoms with van der Waals surface area (Å²) < 4.78 is 26.7. The van der Waals surface area contributed by atoms with Crippen molar-refractivity contribution in [2.75, 3.05) is 11.9 Å². The predicted molar refractivity (Wildman–Crippen MR) is 110 cm³/mol. The van der Waals surface area contributed by atoms with Crippen LogP contribution in [-0.4, -0.2) is 12.5 Å². The van der Waals surface area contributed by atoms with Crippen LogP contribution in [0.2, 0.25) is 0 Å². The van der Waals surface area contributed by atoms with Gasteiger partial charge >= 0.3 is 0 Å². The smallest absolute Gasteiger partial charge is 0.238 e. The van der Waals surface area contributed by atoms with Crippen LogP contribution in [0.5, 0.6) is 0 Å². The van der Waals surface area contributed by atoms with Crippen LogP contribution in [0.4, 0.5) is 14.5 Å². The Morgan fingerprint density at radius 3 is 2.36 bits per heavy atom. The van der Waals surface area contributed by atoms with Crippen LogP contribution in [-0.2, 0) is 4.79 Å². The molecular weight excluding hydrogens is 378 g/mol. The molecule has 0 bridgehead atoms. The van der Waals surface area contributed by atoms with Crippen molar-refractivity contribution in [1.82, 2.24) is 5.32 Å². The third-order valence-electron chi connectivity index (χ3n) is 4.44. The minimum absolute atomic E-state index is 0.00862. The van der Waals surface area contributed by atoms with Gasteiger partial charge in [0, 0.05) is 10.9 Å². The van der Waals surface area contributed by atoms with Gasteiger partial charge in [-0.3, -0.25) is 10.1 Å². The molecular formula is C22H22F2N2OS. The van der Waals surface area contributed by atoms with Crippen molar-refractivity contribution >= 4 is 22.9 Å². The van der Waals surface area contributed by atoms with E-state index in [0.29, 0.717) is 5.92 Å². The van der Waals surface area contributed by atoms with Crippen molar-refractivity contribution in [3.05, 3.63) is 87.6 Å². The fourth-order valence-electron chi connectivity index (χ4n) is 2.89. The first-order chi connectivity index (χ1) is 13.4. The lowest BCUT2D eigenvalue weighted by molar-refractivity contribution is -0.115. The minimum atomic E-state index is -0.799. The molecule has 3 rings (SSSR count). The van der Waals surface area contributed by atoms with Crippen molar-refractivity contribution in [2.45, 2.75) is 25.8 Å². The Bertz CT molecular complexity index is 924. The maximum atomic E-state index is 13.7. The van der Waals surface area contributed by atoms with E-state index in [1.807, 2.05) is 17.5 Å². The van der Waals surface area contributed by atoms with Gasteiger partial charge in [-0.1, -0.05) is 44.2 Å². The Balaban J connectivity index is 1.71. The number of halogens is 2. The summed E-state index contributed by atoms with van der Waals surface area (Å²) in [5.74, 6) is -1.44. The molecule has 28 heavy (non-hydrogen) atoms. The van der Waals surface area contributed by atoms with Gasteiger partial charge in [0.2, 0.25) is 5.91 Å². The molecule has 0 aliphatic rings. The molecule has 1 atom stereocenters. The van der Waals surface area contributed by atoms with Gasteiger partial charge in [0.05, 0.1) is 18.3 Å². The topological polar surface area (TPSA) is 41.1 Å². The largest absolute Gasteiger partial charge is 0.322 e. The molecule has 0 spiro atoms. The quantitative estimate of drug-likeness (QED) is 0.552. The molecule has 0 aliphatic heterocycles. The second kappa shape index (κ2) is 9.08. The number of rotatable bonds is 7. The van der Waals surface area contributed by atoms with E-state index in [9.17, 15) is 13.6 Å². The standard InChI is InChI=1S/C22H22F2N2OS/c1-14(2)15-5-7-16(8-6-15)22(20-4-3-11-28-20)25-13-21(27)26-19-10-9-17(23)12-18(19)24/h3-12,14,22,25H,13H2,1-2H3,(H,26,27)/t22-/m1/s1. The third kappa shape index (κ3) is 5.03. The van der Waals surface area contributed by atoms with Crippen LogP contribution in [0.3, 0.4) is 0 Å². The summed E-state index contributed by atoms with van der Waals surface area (Å²) in [6.45, 7) is 4.27. The van der Waals surface area contributed by atoms with Crippen LogP contribution in [0, 0.1) is 11.6 Å². The van der Waals surface area contributed by atoms with E-state index in [4.69, 9.17) is 0 Å². The summed E-state index contributed by atoms with van der Waals surface area (Å²) in [6, 6.07) is 15.2. The van der Waals surface area contributed by atoms with Gasteiger partial charge in [-0.05, 0) is 40.6 Å². The second-order valence-corrected chi connectivity index (χ2v) is 7.80. The molecule has 3 nitrogen and oxygen atoms in total. The van der Waals surface area contributed by atoms with E-state index >= 15 is 0 Å². The maximum Gasteiger partial charge on any atom is 0.238 e. The van der Waals surface area contributed by atoms with Gasteiger partial charge in [0.1, 0.15) is 11.6 Å². The highest BCUT2D eigenvalue weighted by Gasteiger charge is 2.17. The molecule has 2 N–H and O–H groups in total. The zero-order chi connectivity index (χ0) is 20.1. The van der Waals surface area contributed by atoms with Crippen LogP contribution in [0.1, 0.15) is 41.8 Å². The van der Waals surface area contributed by atoms with E-state index in [0.717, 1.165) is 22.6 Å². The Labute approximate surface area is 167 Å². The van der Waals surface area contributed by atoms with Crippen molar-refractivity contribution in [3.8, 4) is 0 Å². The average molecular weight is 400 g/mol. The van der Waals surface area contributed by atoms with E-state index in [-0.39, 0.29) is 18.3 Å². The van der Waals surface area contributed by atoms with Gasteiger partial charge in [0.25, 0.3) is 0 Å². The van der Waals surface area contributed by atoms with E-state index in [1.54, 1.807) is 11.3 Å². The summed E-state index contributed by atoms with van der Waals surface area (Å²) in [6.07, 6.45) is 0. The number of anilines is 1. The highest BCUT2D eigenvalue weighted by atomic mass is 32.1. The zero-order valence-corrected chi connectivity index (χ0v) is 16.5. The predicted octanol–water partition coefficient (Wildman–Crippen LogP) is 5.47. The maximum absolute atomic E-state index is 13.7. The molecule has 0 unspecified atom stereocenters. The molecule has 0 radical (unpaired) electrons. The van der Waals surface area contributed by atoms with Gasteiger partial charge in [0.15, 0.2) is 0 Å². The second-order valence-electron chi connectivity index (χ2n) is 6.82. The first-order valence-electron chi connectivity index (χ1n) is 9.05. The number of hydrogen-bond acceptors (Lipinski definition) is 3. The minimum Gasteiger partial charge on any atom is -0.322 e. The van der Waals surface area contributed by atoms with Gasteiger partial charge < -0.3 is 5.32 Å². The molecule has 146 valence electrons. The summed E-state index contributed by atoms with van der Waals surface area (Å²) >= 11 is 1.60. The molecule has 0 saturated carbocycles. The van der Waals surface area contributed by atoms with Crippen molar-refractivity contribution in [2.24, 2.45) is 0 Å². The summed E-state index contributed by atoms with van der Waals surface area (Å²) in [7, 11) is 0. The first-order valence-corrected chi connectivity index (χ1v) is 9.93. The Morgan fingerprint density at radius 2 is 1.75 bits per heavy atom. The third-order valence-corrected chi connectivity index (χ3v) is 5.37. The highest BCUT2D eigenvalue weighted by molar-refractivity contribution is 7.10. The van der Waals surface area contributed by atoms with Gasteiger partial charge in [-0.15, -0.1) is 11.3 Å². The molecule has 3 aromatic rings. The van der Waals surface area contributed by atoms with Crippen LogP contribution < -0.4 is 10.6 Å². The van der Waals surface area contributed by atoms with Crippen LogP contribution in [0.25, 0.3) is 0 Å². The fourth-order valence-corrected chi connectivity index (χ4v) is 3.72. The highest BCUT2D eigenvalue weighted by Crippen LogP contribution is 2.27. The Kier molecular flexibility index (Phi) is 6.54. The molecule has 2 aromatic carbocycles. The van der Waals surface area contributed by atoms with E-state index < -0.39 is 17.5 Å². The lowest BCUT2D eigenvalue weighted by Crippen LogP contribution is -2.31. The van der Waals surface area contributed by atoms with Gasteiger partial charge in [-0.2, -0.15) is 0 Å². The number of amides is 1. The molecule has 1 aromatic heterocycles. The normalized spacial score (nSPS) is 12.2. The number of carbonyl (C=O) groups is 1. The Morgan fingerprint density at radius 1 is 1.04 bits per heavy atom. The molecule has 6 heteroatoms. The lowest BCUT2D eigenvalue weighted by atomic mass is 9.98. The van der Waals surface area contributed by atoms with E-state index in [1.165, 1.54) is 11.6 Å². The van der Waals surface area contributed by atoms with E-state index in [2.05, 4.69) is 48.7 Å². The SMILES string of the molecule is CC(C)c1ccc([C@@H](NCC(=O)Nc2ccc(F)cc2F)c2cccs2)cc1. The molecule has 0 saturated heterocycles. The van der Waals surface area contributed by atoms with Crippen molar-refractivity contribution in [1.29, 1.82) is 0 Å². The average Bonchev–Trinajstić information content (AvgIpc) is 3.19. The van der Waals surface area contributed by atoms with Gasteiger partial charge in [-0.25, -0.2) is 8.78 Å². The molecule has 1 heterocycles. The number of benzene rings is 2. The monoisotopic (exact) mass is 400 g/mol.